The standard InChI is InChI=1S/C15H24N2O2/c18-14-9-12-5-4-6-13(10-14)17(12)11-15(19)16-7-2-1-3-8-16/h12-13H,1-11H2. The third-order valence-electron chi connectivity index (χ3n) is 4.97. The predicted molar refractivity (Wildman–Crippen MR) is 72.8 cm³/mol. The fourth-order valence-corrected chi connectivity index (χ4v) is 3.92. The first-order valence-electron chi connectivity index (χ1n) is 7.79. The number of amides is 1. The minimum atomic E-state index is 0.283. The molecule has 1 amide bonds. The molecule has 2 atom stereocenters. The maximum absolute atomic E-state index is 12.4. The normalized spacial score (nSPS) is 32.4. The summed E-state index contributed by atoms with van der Waals surface area (Å²) in [4.78, 5) is 28.4. The molecule has 0 saturated carbocycles. The molecule has 0 aromatic rings. The van der Waals surface area contributed by atoms with E-state index in [1.807, 2.05) is 4.90 Å². The van der Waals surface area contributed by atoms with Crippen molar-refractivity contribution in [2.45, 2.75) is 63.5 Å². The van der Waals surface area contributed by atoms with Gasteiger partial charge in [0.2, 0.25) is 5.91 Å². The van der Waals surface area contributed by atoms with E-state index in [-0.39, 0.29) is 5.91 Å². The van der Waals surface area contributed by atoms with Crippen molar-refractivity contribution in [2.24, 2.45) is 0 Å². The highest BCUT2D eigenvalue weighted by Crippen LogP contribution is 2.32. The zero-order valence-corrected chi connectivity index (χ0v) is 11.6. The van der Waals surface area contributed by atoms with Gasteiger partial charge in [-0.15, -0.1) is 0 Å². The van der Waals surface area contributed by atoms with Crippen molar-refractivity contribution in [2.75, 3.05) is 19.6 Å². The number of piperidine rings is 3. The van der Waals surface area contributed by atoms with Crippen molar-refractivity contribution < 1.29 is 9.59 Å². The molecule has 2 bridgehead atoms. The van der Waals surface area contributed by atoms with Crippen LogP contribution in [0, 0.1) is 0 Å². The van der Waals surface area contributed by atoms with E-state index in [2.05, 4.69) is 4.90 Å². The zero-order valence-electron chi connectivity index (χ0n) is 11.6. The molecule has 3 saturated heterocycles. The Morgan fingerprint density at radius 3 is 2.26 bits per heavy atom. The predicted octanol–water partition coefficient (Wildman–Crippen LogP) is 1.58. The minimum absolute atomic E-state index is 0.283. The van der Waals surface area contributed by atoms with Crippen LogP contribution in [-0.2, 0) is 9.59 Å². The molecule has 0 aromatic carbocycles. The molecule has 3 rings (SSSR count). The Hall–Kier alpha value is -0.900. The van der Waals surface area contributed by atoms with E-state index in [0.29, 0.717) is 37.3 Å². The number of likely N-dealkylation sites (tertiary alicyclic amines) is 1. The number of rotatable bonds is 2. The Morgan fingerprint density at radius 1 is 1.00 bits per heavy atom. The van der Waals surface area contributed by atoms with Crippen LogP contribution in [0.4, 0.5) is 0 Å². The van der Waals surface area contributed by atoms with E-state index in [1.165, 1.54) is 12.8 Å². The van der Waals surface area contributed by atoms with Crippen molar-refractivity contribution in [1.82, 2.24) is 9.80 Å². The summed E-state index contributed by atoms with van der Waals surface area (Å²) in [6.07, 6.45) is 8.30. The highest BCUT2D eigenvalue weighted by atomic mass is 16.2. The van der Waals surface area contributed by atoms with E-state index in [4.69, 9.17) is 0 Å². The summed E-state index contributed by atoms with van der Waals surface area (Å²) in [6, 6.07) is 0.683. The van der Waals surface area contributed by atoms with Gasteiger partial charge < -0.3 is 4.90 Å². The largest absolute Gasteiger partial charge is 0.342 e. The fraction of sp³-hybridized carbons (Fsp3) is 0.867. The van der Waals surface area contributed by atoms with Crippen LogP contribution in [-0.4, -0.2) is 53.2 Å². The average molecular weight is 264 g/mol. The molecule has 0 aliphatic carbocycles. The number of carbonyl (C=O) groups is 2. The zero-order chi connectivity index (χ0) is 13.2. The molecule has 0 aromatic heterocycles. The lowest BCUT2D eigenvalue weighted by atomic mass is 9.84. The van der Waals surface area contributed by atoms with Gasteiger partial charge in [0.1, 0.15) is 5.78 Å². The second kappa shape index (κ2) is 5.61. The summed E-state index contributed by atoms with van der Waals surface area (Å²) in [5, 5.41) is 0. The highest BCUT2D eigenvalue weighted by molar-refractivity contribution is 5.82. The Morgan fingerprint density at radius 2 is 1.63 bits per heavy atom. The summed E-state index contributed by atoms with van der Waals surface area (Å²) in [7, 11) is 0. The summed E-state index contributed by atoms with van der Waals surface area (Å²) in [5.74, 6) is 0.683. The van der Waals surface area contributed by atoms with Gasteiger partial charge in [0.05, 0.1) is 6.54 Å². The van der Waals surface area contributed by atoms with E-state index in [0.717, 1.165) is 38.8 Å². The first kappa shape index (κ1) is 13.1. The number of hydrogen-bond acceptors (Lipinski definition) is 3. The summed E-state index contributed by atoms with van der Waals surface area (Å²) in [5.41, 5.74) is 0. The van der Waals surface area contributed by atoms with Crippen molar-refractivity contribution >= 4 is 11.7 Å². The summed E-state index contributed by atoms with van der Waals surface area (Å²) < 4.78 is 0. The molecular weight excluding hydrogens is 240 g/mol. The molecule has 4 nitrogen and oxygen atoms in total. The lowest BCUT2D eigenvalue weighted by Gasteiger charge is -2.45. The van der Waals surface area contributed by atoms with E-state index >= 15 is 0 Å². The molecule has 106 valence electrons. The molecular formula is C15H24N2O2. The molecule has 3 aliphatic heterocycles. The highest BCUT2D eigenvalue weighted by Gasteiger charge is 2.38. The van der Waals surface area contributed by atoms with Gasteiger partial charge in [-0.2, -0.15) is 0 Å². The maximum atomic E-state index is 12.4. The van der Waals surface area contributed by atoms with Crippen LogP contribution in [0.25, 0.3) is 0 Å². The number of Topliss-reactive ketones (excluding diaryl/α,β-unsaturated/α-hetero) is 1. The third-order valence-corrected chi connectivity index (χ3v) is 4.97. The maximum Gasteiger partial charge on any atom is 0.236 e. The van der Waals surface area contributed by atoms with Crippen LogP contribution in [0.3, 0.4) is 0 Å². The van der Waals surface area contributed by atoms with E-state index in [9.17, 15) is 9.59 Å². The Kier molecular flexibility index (Phi) is 3.87. The second-order valence-corrected chi connectivity index (χ2v) is 6.30. The van der Waals surface area contributed by atoms with Gasteiger partial charge in [0.15, 0.2) is 0 Å². The quantitative estimate of drug-likeness (QED) is 0.760. The lowest BCUT2D eigenvalue weighted by molar-refractivity contribution is -0.139. The lowest BCUT2D eigenvalue weighted by Crippen LogP contribution is -2.56. The van der Waals surface area contributed by atoms with Crippen LogP contribution in [0.1, 0.15) is 51.4 Å². The van der Waals surface area contributed by atoms with Gasteiger partial charge in [-0.1, -0.05) is 6.42 Å². The van der Waals surface area contributed by atoms with E-state index < -0.39 is 0 Å². The van der Waals surface area contributed by atoms with E-state index in [1.54, 1.807) is 0 Å². The van der Waals surface area contributed by atoms with Crippen LogP contribution in [0.15, 0.2) is 0 Å². The molecule has 2 unspecified atom stereocenters. The van der Waals surface area contributed by atoms with Crippen molar-refractivity contribution in [1.29, 1.82) is 0 Å². The van der Waals surface area contributed by atoms with Gasteiger partial charge in [0, 0.05) is 38.0 Å². The van der Waals surface area contributed by atoms with Crippen LogP contribution >= 0.6 is 0 Å². The smallest absolute Gasteiger partial charge is 0.236 e. The Balaban J connectivity index is 1.62. The first-order valence-corrected chi connectivity index (χ1v) is 7.79. The molecule has 3 aliphatic rings. The Labute approximate surface area is 115 Å². The van der Waals surface area contributed by atoms with Crippen LogP contribution in [0.2, 0.25) is 0 Å². The van der Waals surface area contributed by atoms with Crippen LogP contribution < -0.4 is 0 Å². The molecule has 3 heterocycles. The van der Waals surface area contributed by atoms with Gasteiger partial charge >= 0.3 is 0 Å². The second-order valence-electron chi connectivity index (χ2n) is 6.30. The molecule has 0 N–H and O–H groups in total. The molecule has 3 fully saturated rings. The summed E-state index contributed by atoms with van der Waals surface area (Å²) >= 11 is 0. The van der Waals surface area contributed by atoms with Crippen LogP contribution in [0.5, 0.6) is 0 Å². The summed E-state index contributed by atoms with van der Waals surface area (Å²) in [6.45, 7) is 2.41. The molecule has 0 spiro atoms. The van der Waals surface area contributed by atoms with Gasteiger partial charge in [-0.3, -0.25) is 14.5 Å². The molecule has 4 heteroatoms. The molecule has 19 heavy (non-hydrogen) atoms. The number of hydrogen-bond donors (Lipinski definition) is 0. The van der Waals surface area contributed by atoms with Crippen molar-refractivity contribution in [3.63, 3.8) is 0 Å². The number of fused-ring (bicyclic) bond motifs is 2. The third kappa shape index (κ3) is 2.83. The monoisotopic (exact) mass is 264 g/mol. The van der Waals surface area contributed by atoms with Gasteiger partial charge in [0.25, 0.3) is 0 Å². The SMILES string of the molecule is O=C1CC2CCCC(C1)N2CC(=O)N1CCCCC1. The number of ketones is 1. The minimum Gasteiger partial charge on any atom is -0.342 e. The van der Waals surface area contributed by atoms with Gasteiger partial charge in [-0.05, 0) is 32.1 Å². The first-order chi connectivity index (χ1) is 9.24. The average Bonchev–Trinajstić information content (AvgIpc) is 2.41. The van der Waals surface area contributed by atoms with Crippen molar-refractivity contribution in [3.8, 4) is 0 Å². The van der Waals surface area contributed by atoms with Crippen molar-refractivity contribution in [3.05, 3.63) is 0 Å². The fourth-order valence-electron chi connectivity index (χ4n) is 3.92. The Bertz CT molecular complexity index is 347. The molecule has 0 radical (unpaired) electrons. The number of carbonyl (C=O) groups excluding carboxylic acids is 2. The topological polar surface area (TPSA) is 40.6 Å². The number of nitrogens with zero attached hydrogens (tertiary/aromatic N) is 2. The van der Waals surface area contributed by atoms with Gasteiger partial charge in [-0.25, -0.2) is 0 Å².